The van der Waals surface area contributed by atoms with Crippen LogP contribution in [0.3, 0.4) is 0 Å². The highest BCUT2D eigenvalue weighted by Gasteiger charge is 2.35. The van der Waals surface area contributed by atoms with Crippen molar-refractivity contribution in [2.75, 3.05) is 13.1 Å². The molecule has 1 aromatic heterocycles. The van der Waals surface area contributed by atoms with E-state index in [-0.39, 0.29) is 10.8 Å². The van der Waals surface area contributed by atoms with E-state index in [2.05, 4.69) is 5.10 Å². The topological polar surface area (TPSA) is 72.3 Å². The van der Waals surface area contributed by atoms with Gasteiger partial charge in [-0.3, -0.25) is 4.79 Å². The van der Waals surface area contributed by atoms with Gasteiger partial charge in [0.25, 0.3) is 5.91 Å². The largest absolute Gasteiger partial charge is 0.272 e. The first-order chi connectivity index (χ1) is 9.56. The summed E-state index contributed by atoms with van der Waals surface area (Å²) in [5.41, 5.74) is 0.175. The van der Waals surface area contributed by atoms with Crippen LogP contribution in [-0.4, -0.2) is 41.5 Å². The molecule has 0 bridgehead atoms. The lowest BCUT2D eigenvalue weighted by Gasteiger charge is -2.18. The Bertz CT molecular complexity index is 662. The van der Waals surface area contributed by atoms with Crippen molar-refractivity contribution in [1.82, 2.24) is 14.1 Å². The van der Waals surface area contributed by atoms with Gasteiger partial charge in [0, 0.05) is 18.5 Å². The SMILES string of the molecule is Cc1nn(C(=O)C(C)(C)C)c(C)c1S(=O)(=O)N1CCCC1. The standard InChI is InChI=1S/C14H23N3O3S/c1-10-12(21(19,20)16-8-6-7-9-16)11(2)17(15-10)13(18)14(3,4)5/h6-9H2,1-5H3. The maximum absolute atomic E-state index is 12.7. The van der Waals surface area contributed by atoms with E-state index < -0.39 is 15.4 Å². The minimum Gasteiger partial charge on any atom is -0.272 e. The molecule has 6 nitrogen and oxygen atoms in total. The van der Waals surface area contributed by atoms with Crippen molar-refractivity contribution in [3.8, 4) is 0 Å². The van der Waals surface area contributed by atoms with Crippen LogP contribution >= 0.6 is 0 Å². The predicted molar refractivity (Wildman–Crippen MR) is 79.8 cm³/mol. The smallest absolute Gasteiger partial charge is 0.252 e. The van der Waals surface area contributed by atoms with E-state index in [9.17, 15) is 13.2 Å². The van der Waals surface area contributed by atoms with E-state index in [4.69, 9.17) is 0 Å². The van der Waals surface area contributed by atoms with E-state index >= 15 is 0 Å². The molecule has 0 spiro atoms. The number of nitrogens with zero attached hydrogens (tertiary/aromatic N) is 3. The Morgan fingerprint density at radius 3 is 2.14 bits per heavy atom. The first-order valence-electron chi connectivity index (χ1n) is 7.18. The number of carbonyl (C=O) groups excluding carboxylic acids is 1. The van der Waals surface area contributed by atoms with Crippen molar-refractivity contribution >= 4 is 15.9 Å². The fourth-order valence-corrected chi connectivity index (χ4v) is 4.45. The normalized spacial score (nSPS) is 17.4. The molecule has 0 atom stereocenters. The second-order valence-corrected chi connectivity index (χ2v) is 8.45. The van der Waals surface area contributed by atoms with Gasteiger partial charge in [-0.2, -0.15) is 9.40 Å². The van der Waals surface area contributed by atoms with Gasteiger partial charge in [0.05, 0.1) is 11.4 Å². The van der Waals surface area contributed by atoms with Gasteiger partial charge in [0.1, 0.15) is 4.90 Å². The summed E-state index contributed by atoms with van der Waals surface area (Å²) in [5, 5.41) is 4.18. The molecule has 1 aliphatic rings. The van der Waals surface area contributed by atoms with E-state index in [1.807, 2.05) is 0 Å². The fraction of sp³-hybridized carbons (Fsp3) is 0.714. The highest BCUT2D eigenvalue weighted by Crippen LogP contribution is 2.28. The quantitative estimate of drug-likeness (QED) is 0.837. The summed E-state index contributed by atoms with van der Waals surface area (Å²) in [5.74, 6) is -0.203. The summed E-state index contributed by atoms with van der Waals surface area (Å²) in [6, 6.07) is 0. The molecule has 118 valence electrons. The summed E-state index contributed by atoms with van der Waals surface area (Å²) in [7, 11) is -3.56. The number of rotatable bonds is 2. The van der Waals surface area contributed by atoms with Crippen LogP contribution in [0.4, 0.5) is 0 Å². The van der Waals surface area contributed by atoms with Crippen LogP contribution in [0.25, 0.3) is 0 Å². The second-order valence-electron chi connectivity index (χ2n) is 6.58. The zero-order chi connectivity index (χ0) is 16.0. The van der Waals surface area contributed by atoms with Crippen LogP contribution in [-0.2, 0) is 10.0 Å². The highest BCUT2D eigenvalue weighted by molar-refractivity contribution is 7.89. The Hall–Kier alpha value is -1.21. The number of carbonyl (C=O) groups is 1. The second kappa shape index (κ2) is 5.21. The van der Waals surface area contributed by atoms with Crippen molar-refractivity contribution in [1.29, 1.82) is 0 Å². The molecule has 0 amide bonds. The van der Waals surface area contributed by atoms with Gasteiger partial charge >= 0.3 is 0 Å². The van der Waals surface area contributed by atoms with E-state index in [1.54, 1.807) is 34.6 Å². The van der Waals surface area contributed by atoms with Gasteiger partial charge in [-0.15, -0.1) is 0 Å². The summed E-state index contributed by atoms with van der Waals surface area (Å²) < 4.78 is 28.2. The molecule has 2 rings (SSSR count). The molecule has 1 aliphatic heterocycles. The molecule has 21 heavy (non-hydrogen) atoms. The summed E-state index contributed by atoms with van der Waals surface area (Å²) in [6.45, 7) is 9.75. The van der Waals surface area contributed by atoms with Gasteiger partial charge in [-0.1, -0.05) is 20.8 Å². The third-order valence-corrected chi connectivity index (χ3v) is 5.87. The van der Waals surface area contributed by atoms with Gasteiger partial charge in [-0.05, 0) is 26.7 Å². The van der Waals surface area contributed by atoms with Crippen molar-refractivity contribution in [3.05, 3.63) is 11.4 Å². The van der Waals surface area contributed by atoms with Crippen molar-refractivity contribution in [3.63, 3.8) is 0 Å². The average molecular weight is 313 g/mol. The molecule has 0 N–H and O–H groups in total. The molecule has 0 unspecified atom stereocenters. The molecule has 0 radical (unpaired) electrons. The summed E-state index contributed by atoms with van der Waals surface area (Å²) >= 11 is 0. The lowest BCUT2D eigenvalue weighted by atomic mass is 9.96. The first kappa shape index (κ1) is 16.2. The molecule has 7 heteroatoms. The van der Waals surface area contributed by atoms with Crippen LogP contribution < -0.4 is 0 Å². The molecule has 2 heterocycles. The van der Waals surface area contributed by atoms with Crippen LogP contribution in [0.1, 0.15) is 49.8 Å². The minimum absolute atomic E-state index is 0.182. The Balaban J connectivity index is 2.52. The van der Waals surface area contributed by atoms with Gasteiger partial charge in [-0.25, -0.2) is 13.1 Å². The fourth-order valence-electron chi connectivity index (χ4n) is 2.57. The lowest BCUT2D eigenvalue weighted by molar-refractivity contribution is 0.0745. The van der Waals surface area contributed by atoms with Crippen LogP contribution in [0.5, 0.6) is 0 Å². The van der Waals surface area contributed by atoms with E-state index in [0.717, 1.165) is 12.8 Å². The van der Waals surface area contributed by atoms with Gasteiger partial charge in [0.2, 0.25) is 10.0 Å². The Labute approximate surface area is 126 Å². The maximum atomic E-state index is 12.7. The summed E-state index contributed by atoms with van der Waals surface area (Å²) in [4.78, 5) is 12.6. The molecule has 1 fully saturated rings. The lowest BCUT2D eigenvalue weighted by Crippen LogP contribution is -2.30. The number of hydrogen-bond acceptors (Lipinski definition) is 4. The van der Waals surface area contributed by atoms with Crippen molar-refractivity contribution < 1.29 is 13.2 Å². The minimum atomic E-state index is -3.56. The molecular weight excluding hydrogens is 290 g/mol. The molecule has 0 saturated carbocycles. The van der Waals surface area contributed by atoms with E-state index in [1.165, 1.54) is 8.99 Å². The van der Waals surface area contributed by atoms with Crippen LogP contribution in [0.2, 0.25) is 0 Å². The van der Waals surface area contributed by atoms with Crippen LogP contribution in [0.15, 0.2) is 4.90 Å². The Morgan fingerprint density at radius 2 is 1.67 bits per heavy atom. The zero-order valence-electron chi connectivity index (χ0n) is 13.3. The molecule has 0 aliphatic carbocycles. The van der Waals surface area contributed by atoms with Gasteiger partial charge in [0.15, 0.2) is 0 Å². The van der Waals surface area contributed by atoms with Crippen LogP contribution in [0, 0.1) is 19.3 Å². The molecule has 1 aromatic rings. The number of aryl methyl sites for hydroxylation is 1. The van der Waals surface area contributed by atoms with Crippen molar-refractivity contribution in [2.24, 2.45) is 5.41 Å². The number of aromatic nitrogens is 2. The monoisotopic (exact) mass is 313 g/mol. The van der Waals surface area contributed by atoms with Gasteiger partial charge < -0.3 is 0 Å². The maximum Gasteiger partial charge on any atom is 0.252 e. The van der Waals surface area contributed by atoms with Crippen molar-refractivity contribution in [2.45, 2.75) is 52.4 Å². The third kappa shape index (κ3) is 2.76. The molecule has 1 saturated heterocycles. The predicted octanol–water partition coefficient (Wildman–Crippen LogP) is 1.97. The van der Waals surface area contributed by atoms with E-state index in [0.29, 0.717) is 24.5 Å². The Morgan fingerprint density at radius 1 is 1.14 bits per heavy atom. The molecular formula is C14H23N3O3S. The average Bonchev–Trinajstić information content (AvgIpc) is 2.95. The highest BCUT2D eigenvalue weighted by atomic mass is 32.2. The number of hydrogen-bond donors (Lipinski definition) is 0. The Kier molecular flexibility index (Phi) is 4.01. The third-order valence-electron chi connectivity index (χ3n) is 3.72. The first-order valence-corrected chi connectivity index (χ1v) is 8.62. The molecule has 0 aromatic carbocycles. The zero-order valence-corrected chi connectivity index (χ0v) is 14.1. The summed E-state index contributed by atoms with van der Waals surface area (Å²) in [6.07, 6.45) is 1.76. The number of sulfonamides is 1.